The van der Waals surface area contributed by atoms with Gasteiger partial charge < -0.3 is 19.5 Å². The normalized spacial score (nSPS) is 11.1. The number of carbonyl (C=O) groups excluding carboxylic acids is 2. The molecule has 0 aliphatic heterocycles. The number of benzene rings is 3. The second-order valence-corrected chi connectivity index (χ2v) is 8.17. The van der Waals surface area contributed by atoms with E-state index < -0.39 is 18.1 Å². The molecule has 0 bridgehead atoms. The molecule has 196 valence electrons. The fourth-order valence-corrected chi connectivity index (χ4v) is 3.29. The van der Waals surface area contributed by atoms with Crippen LogP contribution >= 0.6 is 0 Å². The molecule has 9 heteroatoms. The SMILES string of the molecule is O=C(CCNCCc1ccc(OCCc2ccc(OCc3ccccc3)cc2)cc1)OC(=O)C(F)(F)F. The summed E-state index contributed by atoms with van der Waals surface area (Å²) < 4.78 is 51.5. The van der Waals surface area contributed by atoms with E-state index in [0.717, 1.165) is 34.6 Å². The van der Waals surface area contributed by atoms with Gasteiger partial charge in [0.2, 0.25) is 0 Å². The number of rotatable bonds is 13. The summed E-state index contributed by atoms with van der Waals surface area (Å²) in [5, 5.41) is 2.93. The number of ether oxygens (including phenoxy) is 3. The first kappa shape index (κ1) is 27.7. The van der Waals surface area contributed by atoms with Gasteiger partial charge in [-0.25, -0.2) is 4.79 Å². The first-order valence-electron chi connectivity index (χ1n) is 11.8. The van der Waals surface area contributed by atoms with Crippen molar-refractivity contribution in [3.05, 3.63) is 95.6 Å². The number of halogens is 3. The van der Waals surface area contributed by atoms with Crippen LogP contribution in [0.25, 0.3) is 0 Å². The van der Waals surface area contributed by atoms with E-state index in [1.807, 2.05) is 78.9 Å². The predicted molar refractivity (Wildman–Crippen MR) is 131 cm³/mol. The third-order valence-electron chi connectivity index (χ3n) is 5.29. The predicted octanol–water partition coefficient (Wildman–Crippen LogP) is 5.04. The summed E-state index contributed by atoms with van der Waals surface area (Å²) in [5.74, 6) is -2.16. The molecule has 0 aliphatic rings. The molecule has 0 amide bonds. The third-order valence-corrected chi connectivity index (χ3v) is 5.29. The van der Waals surface area contributed by atoms with Gasteiger partial charge in [-0.1, -0.05) is 54.6 Å². The second-order valence-electron chi connectivity index (χ2n) is 8.17. The van der Waals surface area contributed by atoms with E-state index in [1.165, 1.54) is 0 Å². The molecular formula is C28H28F3NO5. The van der Waals surface area contributed by atoms with Crippen LogP contribution in [0.5, 0.6) is 11.5 Å². The van der Waals surface area contributed by atoms with Crippen LogP contribution < -0.4 is 14.8 Å². The fraction of sp³-hybridized carbons (Fsp3) is 0.286. The van der Waals surface area contributed by atoms with Crippen molar-refractivity contribution in [2.24, 2.45) is 0 Å². The highest BCUT2D eigenvalue weighted by Gasteiger charge is 2.42. The van der Waals surface area contributed by atoms with Crippen LogP contribution in [0.3, 0.4) is 0 Å². The van der Waals surface area contributed by atoms with Crippen molar-refractivity contribution in [1.82, 2.24) is 5.32 Å². The maximum absolute atomic E-state index is 12.0. The zero-order chi connectivity index (χ0) is 26.5. The number of nitrogens with one attached hydrogen (secondary N) is 1. The summed E-state index contributed by atoms with van der Waals surface area (Å²) in [6.45, 7) is 1.66. The minimum Gasteiger partial charge on any atom is -0.493 e. The van der Waals surface area contributed by atoms with E-state index in [2.05, 4.69) is 10.1 Å². The largest absolute Gasteiger partial charge is 0.493 e. The van der Waals surface area contributed by atoms with Gasteiger partial charge in [0.05, 0.1) is 13.0 Å². The Bertz CT molecular complexity index is 1120. The lowest BCUT2D eigenvalue weighted by molar-refractivity contribution is -0.201. The van der Waals surface area contributed by atoms with Gasteiger partial charge in [0.25, 0.3) is 0 Å². The second kappa shape index (κ2) is 14.0. The zero-order valence-electron chi connectivity index (χ0n) is 20.1. The topological polar surface area (TPSA) is 73.9 Å². The van der Waals surface area contributed by atoms with Gasteiger partial charge in [-0.3, -0.25) is 4.79 Å². The highest BCUT2D eigenvalue weighted by Crippen LogP contribution is 2.17. The van der Waals surface area contributed by atoms with Crippen molar-refractivity contribution in [1.29, 1.82) is 0 Å². The molecule has 0 aliphatic carbocycles. The summed E-state index contributed by atoms with van der Waals surface area (Å²) in [6, 6.07) is 25.5. The summed E-state index contributed by atoms with van der Waals surface area (Å²) in [6.07, 6.45) is -4.11. The van der Waals surface area contributed by atoms with Gasteiger partial charge in [0.1, 0.15) is 18.1 Å². The van der Waals surface area contributed by atoms with Crippen molar-refractivity contribution in [3.8, 4) is 11.5 Å². The van der Waals surface area contributed by atoms with Crippen LogP contribution in [0.4, 0.5) is 13.2 Å². The first-order chi connectivity index (χ1) is 17.8. The van der Waals surface area contributed by atoms with Crippen LogP contribution in [-0.2, 0) is 33.8 Å². The molecule has 0 heterocycles. The molecule has 0 saturated heterocycles. The number of esters is 2. The number of carbonyl (C=O) groups is 2. The Balaban J connectivity index is 1.28. The molecule has 1 N–H and O–H groups in total. The minimum atomic E-state index is -5.18. The number of hydrogen-bond acceptors (Lipinski definition) is 6. The standard InChI is InChI=1S/C28H28F3NO5/c29-28(30,31)27(34)37-26(33)15-18-32-17-14-21-6-10-24(11-7-21)35-19-16-22-8-12-25(13-9-22)36-20-23-4-2-1-3-5-23/h1-13,32H,14-20H2. The van der Waals surface area contributed by atoms with E-state index in [1.54, 1.807) is 0 Å². The lowest BCUT2D eigenvalue weighted by atomic mass is 10.1. The number of hydrogen-bond donors (Lipinski definition) is 1. The summed E-state index contributed by atoms with van der Waals surface area (Å²) in [7, 11) is 0. The molecule has 0 saturated carbocycles. The van der Waals surface area contributed by atoms with Crippen LogP contribution in [-0.4, -0.2) is 37.8 Å². The molecule has 0 fully saturated rings. The van der Waals surface area contributed by atoms with E-state index >= 15 is 0 Å². The Morgan fingerprint density at radius 3 is 1.92 bits per heavy atom. The summed E-state index contributed by atoms with van der Waals surface area (Å²) >= 11 is 0. The van der Waals surface area contributed by atoms with E-state index in [4.69, 9.17) is 9.47 Å². The Morgan fingerprint density at radius 2 is 1.30 bits per heavy atom. The van der Waals surface area contributed by atoms with Crippen LogP contribution in [0.1, 0.15) is 23.1 Å². The Kier molecular flexibility index (Phi) is 10.5. The molecule has 37 heavy (non-hydrogen) atoms. The monoisotopic (exact) mass is 515 g/mol. The lowest BCUT2D eigenvalue weighted by Gasteiger charge is -2.09. The smallest absolute Gasteiger partial charge is 0.491 e. The molecule has 3 rings (SSSR count). The fourth-order valence-electron chi connectivity index (χ4n) is 3.29. The maximum Gasteiger partial charge on any atom is 0.491 e. The first-order valence-corrected chi connectivity index (χ1v) is 11.8. The van der Waals surface area contributed by atoms with Crippen molar-refractivity contribution in [2.45, 2.75) is 32.0 Å². The van der Waals surface area contributed by atoms with Crippen molar-refractivity contribution >= 4 is 11.9 Å². The van der Waals surface area contributed by atoms with Crippen LogP contribution in [0.2, 0.25) is 0 Å². The van der Waals surface area contributed by atoms with E-state index in [-0.39, 0.29) is 13.0 Å². The van der Waals surface area contributed by atoms with Crippen molar-refractivity contribution in [3.63, 3.8) is 0 Å². The van der Waals surface area contributed by atoms with Crippen molar-refractivity contribution < 1.29 is 37.0 Å². The molecule has 0 atom stereocenters. The zero-order valence-corrected chi connectivity index (χ0v) is 20.1. The Morgan fingerprint density at radius 1 is 0.703 bits per heavy atom. The molecule has 0 unspecified atom stereocenters. The van der Waals surface area contributed by atoms with Crippen LogP contribution in [0, 0.1) is 0 Å². The van der Waals surface area contributed by atoms with E-state index in [0.29, 0.717) is 26.2 Å². The van der Waals surface area contributed by atoms with Gasteiger partial charge >= 0.3 is 18.1 Å². The molecule has 3 aromatic carbocycles. The quantitative estimate of drug-likeness (QED) is 0.195. The van der Waals surface area contributed by atoms with Crippen LogP contribution in [0.15, 0.2) is 78.9 Å². The van der Waals surface area contributed by atoms with Gasteiger partial charge in [-0.2, -0.15) is 13.2 Å². The molecule has 0 radical (unpaired) electrons. The van der Waals surface area contributed by atoms with Crippen molar-refractivity contribution in [2.75, 3.05) is 19.7 Å². The molecule has 0 aromatic heterocycles. The molecule has 0 spiro atoms. The summed E-state index contributed by atoms with van der Waals surface area (Å²) in [5.41, 5.74) is 3.29. The third kappa shape index (κ3) is 10.3. The molecule has 3 aromatic rings. The van der Waals surface area contributed by atoms with Gasteiger partial charge in [0.15, 0.2) is 0 Å². The highest BCUT2D eigenvalue weighted by molar-refractivity contribution is 5.88. The average molecular weight is 516 g/mol. The van der Waals surface area contributed by atoms with Gasteiger partial charge in [-0.15, -0.1) is 0 Å². The average Bonchev–Trinajstić information content (AvgIpc) is 2.89. The minimum absolute atomic E-state index is 0.102. The van der Waals surface area contributed by atoms with Gasteiger partial charge in [-0.05, 0) is 53.9 Å². The Labute approximate surface area is 213 Å². The Hall–Kier alpha value is -3.85. The maximum atomic E-state index is 12.0. The van der Waals surface area contributed by atoms with E-state index in [9.17, 15) is 22.8 Å². The highest BCUT2D eigenvalue weighted by atomic mass is 19.4. The number of alkyl halides is 3. The molecular weight excluding hydrogens is 487 g/mol. The van der Waals surface area contributed by atoms with Gasteiger partial charge in [0, 0.05) is 13.0 Å². The summed E-state index contributed by atoms with van der Waals surface area (Å²) in [4.78, 5) is 21.8. The molecule has 6 nitrogen and oxygen atoms in total. The lowest BCUT2D eigenvalue weighted by Crippen LogP contribution is -2.29.